The lowest BCUT2D eigenvalue weighted by atomic mass is 10.3. The Morgan fingerprint density at radius 1 is 1.85 bits per heavy atom. The van der Waals surface area contributed by atoms with Gasteiger partial charge in [0.1, 0.15) is 0 Å². The maximum Gasteiger partial charge on any atom is 0.228 e. The summed E-state index contributed by atoms with van der Waals surface area (Å²) in [6, 6.07) is 0. The van der Waals surface area contributed by atoms with Gasteiger partial charge in [0, 0.05) is 18.7 Å². The standard InChI is InChI=1S/C8H12N2O2S/c1-6(12-2)5-7(11)10-8-9-3-4-13-8/h3-4,6H,5H2,1-2H3,(H,9,10,11). The Hall–Kier alpha value is -0.940. The van der Waals surface area contributed by atoms with Gasteiger partial charge in [-0.1, -0.05) is 0 Å². The van der Waals surface area contributed by atoms with Crippen LogP contribution in [-0.2, 0) is 9.53 Å². The van der Waals surface area contributed by atoms with E-state index in [1.54, 1.807) is 13.3 Å². The second-order valence-corrected chi connectivity index (χ2v) is 3.53. The topological polar surface area (TPSA) is 51.2 Å². The number of nitrogens with zero attached hydrogens (tertiary/aromatic N) is 1. The molecule has 1 rings (SSSR count). The number of ether oxygens (including phenoxy) is 1. The highest BCUT2D eigenvalue weighted by molar-refractivity contribution is 7.13. The Labute approximate surface area is 80.9 Å². The van der Waals surface area contributed by atoms with Crippen LogP contribution in [-0.4, -0.2) is 24.1 Å². The second kappa shape index (κ2) is 4.94. The van der Waals surface area contributed by atoms with Gasteiger partial charge in [-0.3, -0.25) is 4.79 Å². The van der Waals surface area contributed by atoms with Crippen molar-refractivity contribution in [2.75, 3.05) is 12.4 Å². The average molecular weight is 200 g/mol. The molecular formula is C8H12N2O2S. The molecule has 0 bridgehead atoms. The Bertz CT molecular complexity index is 261. The first kappa shape index (κ1) is 10.1. The molecule has 0 saturated heterocycles. The minimum Gasteiger partial charge on any atom is -0.381 e. The van der Waals surface area contributed by atoms with Gasteiger partial charge < -0.3 is 10.1 Å². The monoisotopic (exact) mass is 200 g/mol. The molecule has 0 aliphatic carbocycles. The maximum atomic E-state index is 11.3. The van der Waals surface area contributed by atoms with Crippen LogP contribution in [0.3, 0.4) is 0 Å². The molecule has 1 aromatic rings. The third-order valence-electron chi connectivity index (χ3n) is 1.55. The number of anilines is 1. The predicted octanol–water partition coefficient (Wildman–Crippen LogP) is 1.51. The average Bonchev–Trinajstić information content (AvgIpc) is 2.56. The van der Waals surface area contributed by atoms with Crippen molar-refractivity contribution in [2.45, 2.75) is 19.4 Å². The van der Waals surface area contributed by atoms with E-state index < -0.39 is 0 Å². The number of thiazole rings is 1. The predicted molar refractivity (Wildman–Crippen MR) is 51.8 cm³/mol. The summed E-state index contributed by atoms with van der Waals surface area (Å²) in [5, 5.41) is 5.12. The minimum absolute atomic E-state index is 0.0556. The van der Waals surface area contributed by atoms with Gasteiger partial charge in [-0.2, -0.15) is 0 Å². The number of carbonyl (C=O) groups excluding carboxylic acids is 1. The van der Waals surface area contributed by atoms with E-state index >= 15 is 0 Å². The zero-order valence-electron chi connectivity index (χ0n) is 7.61. The van der Waals surface area contributed by atoms with E-state index in [4.69, 9.17) is 4.74 Å². The largest absolute Gasteiger partial charge is 0.381 e. The third kappa shape index (κ3) is 3.52. The van der Waals surface area contributed by atoms with Crippen LogP contribution in [0.15, 0.2) is 11.6 Å². The van der Waals surface area contributed by atoms with E-state index in [0.29, 0.717) is 11.6 Å². The highest BCUT2D eigenvalue weighted by Crippen LogP contribution is 2.10. The van der Waals surface area contributed by atoms with E-state index in [1.807, 2.05) is 12.3 Å². The highest BCUT2D eigenvalue weighted by atomic mass is 32.1. The van der Waals surface area contributed by atoms with E-state index in [0.717, 1.165) is 0 Å². The van der Waals surface area contributed by atoms with Gasteiger partial charge in [-0.05, 0) is 6.92 Å². The molecule has 1 amide bonds. The van der Waals surface area contributed by atoms with Crippen LogP contribution in [0.4, 0.5) is 5.13 Å². The molecule has 72 valence electrons. The van der Waals surface area contributed by atoms with Crippen molar-refractivity contribution in [3.05, 3.63) is 11.6 Å². The number of nitrogens with one attached hydrogen (secondary N) is 1. The maximum absolute atomic E-state index is 11.3. The molecule has 0 aromatic carbocycles. The lowest BCUT2D eigenvalue weighted by molar-refractivity contribution is -0.118. The molecule has 1 unspecified atom stereocenters. The molecule has 1 atom stereocenters. The van der Waals surface area contributed by atoms with Crippen molar-refractivity contribution in [3.8, 4) is 0 Å². The zero-order valence-corrected chi connectivity index (χ0v) is 8.43. The Balaban J connectivity index is 2.34. The summed E-state index contributed by atoms with van der Waals surface area (Å²) >= 11 is 1.40. The van der Waals surface area contributed by atoms with Gasteiger partial charge in [0.2, 0.25) is 5.91 Å². The quantitative estimate of drug-likeness (QED) is 0.801. The van der Waals surface area contributed by atoms with Crippen molar-refractivity contribution in [3.63, 3.8) is 0 Å². The third-order valence-corrected chi connectivity index (χ3v) is 2.24. The number of rotatable bonds is 4. The van der Waals surface area contributed by atoms with Crippen molar-refractivity contribution in [2.24, 2.45) is 0 Å². The number of aromatic nitrogens is 1. The first-order valence-corrected chi connectivity index (χ1v) is 4.82. The fourth-order valence-electron chi connectivity index (χ4n) is 0.800. The van der Waals surface area contributed by atoms with Crippen LogP contribution in [0, 0.1) is 0 Å². The number of methoxy groups -OCH3 is 1. The zero-order chi connectivity index (χ0) is 9.68. The fraction of sp³-hybridized carbons (Fsp3) is 0.500. The van der Waals surface area contributed by atoms with Gasteiger partial charge in [0.05, 0.1) is 12.5 Å². The molecule has 0 spiro atoms. The number of hydrogen-bond donors (Lipinski definition) is 1. The molecule has 1 heterocycles. The molecule has 0 aliphatic rings. The normalized spacial score (nSPS) is 12.5. The van der Waals surface area contributed by atoms with Crippen molar-refractivity contribution in [1.29, 1.82) is 0 Å². The molecule has 1 N–H and O–H groups in total. The molecular weight excluding hydrogens is 188 g/mol. The highest BCUT2D eigenvalue weighted by Gasteiger charge is 2.08. The summed E-state index contributed by atoms with van der Waals surface area (Å²) in [7, 11) is 1.58. The number of carbonyl (C=O) groups is 1. The van der Waals surface area contributed by atoms with E-state index in [-0.39, 0.29) is 12.0 Å². The lowest BCUT2D eigenvalue weighted by Gasteiger charge is -2.07. The van der Waals surface area contributed by atoms with E-state index in [9.17, 15) is 4.79 Å². The first-order valence-electron chi connectivity index (χ1n) is 3.94. The second-order valence-electron chi connectivity index (χ2n) is 2.64. The van der Waals surface area contributed by atoms with Gasteiger partial charge in [-0.15, -0.1) is 11.3 Å². The number of hydrogen-bond acceptors (Lipinski definition) is 4. The summed E-state index contributed by atoms with van der Waals surface area (Å²) in [4.78, 5) is 15.2. The lowest BCUT2D eigenvalue weighted by Crippen LogP contribution is -2.18. The summed E-state index contributed by atoms with van der Waals surface area (Å²) in [5.74, 6) is -0.0655. The van der Waals surface area contributed by atoms with E-state index in [1.165, 1.54) is 11.3 Å². The van der Waals surface area contributed by atoms with Crippen LogP contribution in [0.5, 0.6) is 0 Å². The summed E-state index contributed by atoms with van der Waals surface area (Å²) in [6.45, 7) is 1.85. The molecule has 0 fully saturated rings. The summed E-state index contributed by atoms with van der Waals surface area (Å²) in [6.07, 6.45) is 1.95. The van der Waals surface area contributed by atoms with Crippen molar-refractivity contribution in [1.82, 2.24) is 4.98 Å². The van der Waals surface area contributed by atoms with Crippen LogP contribution in [0.1, 0.15) is 13.3 Å². The van der Waals surface area contributed by atoms with Gasteiger partial charge >= 0.3 is 0 Å². The Morgan fingerprint density at radius 3 is 3.15 bits per heavy atom. The van der Waals surface area contributed by atoms with E-state index in [2.05, 4.69) is 10.3 Å². The molecule has 4 nitrogen and oxygen atoms in total. The molecule has 0 radical (unpaired) electrons. The van der Waals surface area contributed by atoms with Crippen LogP contribution in [0.25, 0.3) is 0 Å². The first-order chi connectivity index (χ1) is 6.22. The van der Waals surface area contributed by atoms with Gasteiger partial charge in [0.15, 0.2) is 5.13 Å². The minimum atomic E-state index is -0.0655. The smallest absolute Gasteiger partial charge is 0.228 e. The molecule has 0 aliphatic heterocycles. The molecule has 13 heavy (non-hydrogen) atoms. The van der Waals surface area contributed by atoms with Crippen molar-refractivity contribution >= 4 is 22.4 Å². The molecule has 5 heteroatoms. The number of amides is 1. The van der Waals surface area contributed by atoms with Crippen LogP contribution >= 0.6 is 11.3 Å². The molecule has 1 aromatic heterocycles. The fourth-order valence-corrected chi connectivity index (χ4v) is 1.34. The Morgan fingerprint density at radius 2 is 2.62 bits per heavy atom. The van der Waals surface area contributed by atoms with Gasteiger partial charge in [0.25, 0.3) is 0 Å². The van der Waals surface area contributed by atoms with Crippen molar-refractivity contribution < 1.29 is 9.53 Å². The summed E-state index contributed by atoms with van der Waals surface area (Å²) < 4.78 is 4.96. The Kier molecular flexibility index (Phi) is 3.85. The molecule has 0 saturated carbocycles. The van der Waals surface area contributed by atoms with Gasteiger partial charge in [-0.25, -0.2) is 4.98 Å². The van der Waals surface area contributed by atoms with Crippen LogP contribution in [0.2, 0.25) is 0 Å². The summed E-state index contributed by atoms with van der Waals surface area (Å²) in [5.41, 5.74) is 0. The SMILES string of the molecule is COC(C)CC(=O)Nc1nccs1. The van der Waals surface area contributed by atoms with Crippen LogP contribution < -0.4 is 5.32 Å².